The van der Waals surface area contributed by atoms with Gasteiger partial charge in [-0.3, -0.25) is 10.1 Å². The molecule has 1 aliphatic rings. The number of esters is 1. The smallest absolute Gasteiger partial charge is 0.416 e. The van der Waals surface area contributed by atoms with E-state index in [1.807, 2.05) is 78.9 Å². The van der Waals surface area contributed by atoms with E-state index in [1.165, 1.54) is 6.07 Å². The highest BCUT2D eigenvalue weighted by atomic mass is 19.4. The lowest BCUT2D eigenvalue weighted by atomic mass is 9.93. The van der Waals surface area contributed by atoms with Crippen molar-refractivity contribution in [3.63, 3.8) is 0 Å². The second-order valence-electron chi connectivity index (χ2n) is 11.3. The standard InChI is InChI=1S/C37H31F3N2O5/c1-2-45-34(43)36(20-21-36)29-17-15-26(16-18-29)25-11-13-28(14-12-25)33-32(31(42-47-33)27-8-4-3-5-9-27)41-35(44)46-22-19-24-7-6-10-30(23-24)37(38,39)40/h3-18,23H,2,19-22H2,1H3,(H,41,44). The summed E-state index contributed by atoms with van der Waals surface area (Å²) < 4.78 is 55.6. The van der Waals surface area contributed by atoms with Crippen molar-refractivity contribution < 1.29 is 36.8 Å². The number of halogens is 3. The largest absolute Gasteiger partial charge is 0.465 e. The van der Waals surface area contributed by atoms with Crippen LogP contribution in [0.25, 0.3) is 33.7 Å². The van der Waals surface area contributed by atoms with Gasteiger partial charge in [-0.15, -0.1) is 0 Å². The number of nitrogens with zero attached hydrogens (tertiary/aromatic N) is 1. The molecule has 47 heavy (non-hydrogen) atoms. The van der Waals surface area contributed by atoms with E-state index in [4.69, 9.17) is 14.0 Å². The van der Waals surface area contributed by atoms with Crippen LogP contribution in [0.5, 0.6) is 0 Å². The number of anilines is 1. The van der Waals surface area contributed by atoms with Gasteiger partial charge in [0.05, 0.1) is 24.2 Å². The monoisotopic (exact) mass is 640 g/mol. The number of hydrogen-bond acceptors (Lipinski definition) is 6. The van der Waals surface area contributed by atoms with Crippen molar-refractivity contribution >= 4 is 17.7 Å². The van der Waals surface area contributed by atoms with Crippen LogP contribution < -0.4 is 5.32 Å². The van der Waals surface area contributed by atoms with Crippen LogP contribution in [0.1, 0.15) is 36.5 Å². The minimum absolute atomic E-state index is 0.103. The molecule has 0 saturated heterocycles. The van der Waals surface area contributed by atoms with E-state index in [0.29, 0.717) is 40.4 Å². The van der Waals surface area contributed by atoms with Gasteiger partial charge in [0.1, 0.15) is 11.4 Å². The Hall–Kier alpha value is -5.38. The minimum Gasteiger partial charge on any atom is -0.465 e. The average molecular weight is 641 g/mol. The maximum atomic E-state index is 13.1. The number of rotatable bonds is 10. The van der Waals surface area contributed by atoms with Gasteiger partial charge >= 0.3 is 18.2 Å². The number of alkyl halides is 3. The first-order valence-corrected chi connectivity index (χ1v) is 15.2. The van der Waals surface area contributed by atoms with Crippen LogP contribution in [-0.2, 0) is 32.3 Å². The number of carbonyl (C=O) groups is 2. The summed E-state index contributed by atoms with van der Waals surface area (Å²) in [5, 5.41) is 6.97. The second-order valence-corrected chi connectivity index (χ2v) is 11.3. The van der Waals surface area contributed by atoms with Crippen LogP contribution in [0.4, 0.5) is 23.7 Å². The molecule has 0 unspecified atom stereocenters. The highest BCUT2D eigenvalue weighted by Crippen LogP contribution is 2.49. The molecule has 1 fully saturated rings. The number of ether oxygens (including phenoxy) is 2. The Balaban J connectivity index is 1.18. The molecule has 7 nitrogen and oxygen atoms in total. The summed E-state index contributed by atoms with van der Waals surface area (Å²) in [5.74, 6) is 0.133. The van der Waals surface area contributed by atoms with Gasteiger partial charge in [0.25, 0.3) is 0 Å². The van der Waals surface area contributed by atoms with Gasteiger partial charge in [0.2, 0.25) is 0 Å². The van der Waals surface area contributed by atoms with Gasteiger partial charge in [-0.25, -0.2) is 4.79 Å². The Morgan fingerprint density at radius 1 is 0.830 bits per heavy atom. The number of hydrogen-bond donors (Lipinski definition) is 1. The highest BCUT2D eigenvalue weighted by Gasteiger charge is 2.52. The fourth-order valence-electron chi connectivity index (χ4n) is 5.50. The van der Waals surface area contributed by atoms with Crippen molar-refractivity contribution in [1.82, 2.24) is 5.16 Å². The molecule has 0 radical (unpaired) electrons. The molecule has 1 saturated carbocycles. The second kappa shape index (κ2) is 13.2. The number of benzene rings is 4. The molecule has 10 heteroatoms. The third kappa shape index (κ3) is 6.91. The lowest BCUT2D eigenvalue weighted by Gasteiger charge is -2.14. The Kier molecular flexibility index (Phi) is 8.84. The molecule has 240 valence electrons. The molecule has 6 rings (SSSR count). The van der Waals surface area contributed by atoms with Crippen LogP contribution >= 0.6 is 0 Å². The molecular formula is C37H31F3N2O5. The van der Waals surface area contributed by atoms with Crippen LogP contribution in [-0.4, -0.2) is 30.4 Å². The fraction of sp³-hybridized carbons (Fsp3) is 0.216. The number of nitrogens with one attached hydrogen (secondary N) is 1. The van der Waals surface area contributed by atoms with Crippen LogP contribution in [0.2, 0.25) is 0 Å². The molecule has 1 N–H and O–H groups in total. The molecule has 5 aromatic rings. The van der Waals surface area contributed by atoms with E-state index in [-0.39, 0.29) is 19.0 Å². The van der Waals surface area contributed by atoms with E-state index < -0.39 is 23.2 Å². The number of aromatic nitrogens is 1. The topological polar surface area (TPSA) is 90.7 Å². The van der Waals surface area contributed by atoms with E-state index in [2.05, 4.69) is 10.5 Å². The number of amides is 1. The normalized spacial score (nSPS) is 13.5. The average Bonchev–Trinajstić information content (AvgIpc) is 3.80. The zero-order chi connectivity index (χ0) is 33.0. The molecule has 1 aromatic heterocycles. The SMILES string of the molecule is CCOC(=O)C1(c2ccc(-c3ccc(-c4onc(-c5ccccc5)c4NC(=O)OCCc4cccc(C(F)(F)F)c4)cc3)cc2)CC1. The maximum absolute atomic E-state index is 13.1. The Morgan fingerprint density at radius 3 is 2.13 bits per heavy atom. The van der Waals surface area contributed by atoms with Crippen molar-refractivity contribution in [2.45, 2.75) is 37.8 Å². The predicted octanol–water partition coefficient (Wildman–Crippen LogP) is 9.08. The predicted molar refractivity (Wildman–Crippen MR) is 170 cm³/mol. The summed E-state index contributed by atoms with van der Waals surface area (Å²) in [5.41, 5.74) is 3.99. The summed E-state index contributed by atoms with van der Waals surface area (Å²) in [6.07, 6.45) is -3.60. The molecule has 1 aliphatic carbocycles. The van der Waals surface area contributed by atoms with Crippen LogP contribution in [0.15, 0.2) is 108 Å². The van der Waals surface area contributed by atoms with Gasteiger partial charge in [-0.05, 0) is 48.1 Å². The van der Waals surface area contributed by atoms with Gasteiger partial charge in [-0.1, -0.05) is 102 Å². The van der Waals surface area contributed by atoms with Crippen molar-refractivity contribution in [2.24, 2.45) is 0 Å². The van der Waals surface area contributed by atoms with E-state index >= 15 is 0 Å². The fourth-order valence-corrected chi connectivity index (χ4v) is 5.50. The Bertz CT molecular complexity index is 1860. The maximum Gasteiger partial charge on any atom is 0.416 e. The molecule has 4 aromatic carbocycles. The minimum atomic E-state index is -4.46. The molecule has 1 amide bonds. The zero-order valence-electron chi connectivity index (χ0n) is 25.5. The first-order valence-electron chi connectivity index (χ1n) is 15.2. The molecular weight excluding hydrogens is 609 g/mol. The molecule has 0 aliphatic heterocycles. The number of carbonyl (C=O) groups excluding carboxylic acids is 2. The highest BCUT2D eigenvalue weighted by molar-refractivity contribution is 5.96. The Labute approximate surface area is 269 Å². The molecule has 0 atom stereocenters. The third-order valence-electron chi connectivity index (χ3n) is 8.18. The van der Waals surface area contributed by atoms with E-state index in [0.717, 1.165) is 41.7 Å². The van der Waals surface area contributed by atoms with Crippen LogP contribution in [0, 0.1) is 0 Å². The summed E-state index contributed by atoms with van der Waals surface area (Å²) in [6.45, 7) is 2.02. The lowest BCUT2D eigenvalue weighted by molar-refractivity contribution is -0.146. The third-order valence-corrected chi connectivity index (χ3v) is 8.18. The van der Waals surface area contributed by atoms with Gasteiger partial charge in [-0.2, -0.15) is 13.2 Å². The summed E-state index contributed by atoms with van der Waals surface area (Å²) >= 11 is 0. The van der Waals surface area contributed by atoms with Crippen molar-refractivity contribution in [3.05, 3.63) is 120 Å². The lowest BCUT2D eigenvalue weighted by Crippen LogP contribution is -2.23. The first kappa shape index (κ1) is 31.6. The van der Waals surface area contributed by atoms with Gasteiger partial charge in [0.15, 0.2) is 5.76 Å². The van der Waals surface area contributed by atoms with Crippen LogP contribution in [0.3, 0.4) is 0 Å². The zero-order valence-corrected chi connectivity index (χ0v) is 25.5. The van der Waals surface area contributed by atoms with Gasteiger partial charge in [0, 0.05) is 17.5 Å². The van der Waals surface area contributed by atoms with E-state index in [9.17, 15) is 22.8 Å². The van der Waals surface area contributed by atoms with E-state index in [1.54, 1.807) is 13.0 Å². The molecule has 1 heterocycles. The summed E-state index contributed by atoms with van der Waals surface area (Å²) in [6, 6.07) is 29.5. The molecule has 0 spiro atoms. The van der Waals surface area contributed by atoms with Gasteiger partial charge < -0.3 is 14.0 Å². The summed E-state index contributed by atoms with van der Waals surface area (Å²) in [7, 11) is 0. The van der Waals surface area contributed by atoms with Crippen molar-refractivity contribution in [2.75, 3.05) is 18.5 Å². The van der Waals surface area contributed by atoms with Crippen molar-refractivity contribution in [3.8, 4) is 33.7 Å². The first-order chi connectivity index (χ1) is 22.7. The van der Waals surface area contributed by atoms with Crippen molar-refractivity contribution in [1.29, 1.82) is 0 Å². The molecule has 0 bridgehead atoms. The quantitative estimate of drug-likeness (QED) is 0.153. The Morgan fingerprint density at radius 2 is 1.49 bits per heavy atom. The summed E-state index contributed by atoms with van der Waals surface area (Å²) in [4.78, 5) is 25.4.